The van der Waals surface area contributed by atoms with Crippen LogP contribution in [0.3, 0.4) is 0 Å². The Hall–Kier alpha value is -0.340. The molecule has 15 heavy (non-hydrogen) atoms. The molecular formula is C13H29NO. The highest BCUT2D eigenvalue weighted by Crippen LogP contribution is 2.13. The molecule has 0 unspecified atom stereocenters. The minimum absolute atomic E-state index is 0. The maximum atomic E-state index is 2.44. The second kappa shape index (κ2) is 10.2. The third kappa shape index (κ3) is 6.69. The van der Waals surface area contributed by atoms with E-state index in [1.54, 1.807) is 0 Å². The number of allylic oxidation sites excluding steroid dienone is 1. The molecule has 0 aromatic rings. The zero-order chi connectivity index (χ0) is 10.9. The van der Waals surface area contributed by atoms with E-state index in [-0.39, 0.29) is 5.48 Å². The van der Waals surface area contributed by atoms with Crippen LogP contribution in [0.15, 0.2) is 12.3 Å². The molecule has 0 rings (SSSR count). The van der Waals surface area contributed by atoms with E-state index in [9.17, 15) is 0 Å². The van der Waals surface area contributed by atoms with Crippen LogP contribution in [0.1, 0.15) is 53.4 Å². The molecule has 0 aromatic heterocycles. The zero-order valence-corrected chi connectivity index (χ0v) is 11.0. The van der Waals surface area contributed by atoms with Crippen molar-refractivity contribution in [3.8, 4) is 0 Å². The fraction of sp³-hybridized carbons (Fsp3) is 0.846. The summed E-state index contributed by atoms with van der Waals surface area (Å²) < 4.78 is 1.21. The molecule has 0 spiro atoms. The lowest BCUT2D eigenvalue weighted by Crippen LogP contribution is -2.44. The first-order chi connectivity index (χ1) is 6.74. The summed E-state index contributed by atoms with van der Waals surface area (Å²) in [6, 6.07) is 0. The fourth-order valence-electron chi connectivity index (χ4n) is 2.22. The molecule has 0 aliphatic rings. The van der Waals surface area contributed by atoms with Gasteiger partial charge in [-0.15, -0.1) is 0 Å². The quantitative estimate of drug-likeness (QED) is 0.567. The summed E-state index contributed by atoms with van der Waals surface area (Å²) in [4.78, 5) is 0. The molecule has 0 heterocycles. The molecule has 0 saturated heterocycles. The van der Waals surface area contributed by atoms with Crippen molar-refractivity contribution in [3.63, 3.8) is 0 Å². The molecule has 92 valence electrons. The van der Waals surface area contributed by atoms with Crippen LogP contribution in [0.25, 0.3) is 0 Å². The Bertz CT molecular complexity index is 138. The van der Waals surface area contributed by atoms with E-state index in [2.05, 4.69) is 40.0 Å². The topological polar surface area (TPSA) is 30.0 Å². The van der Waals surface area contributed by atoms with Gasteiger partial charge in [-0.1, -0.05) is 27.7 Å². The summed E-state index contributed by atoms with van der Waals surface area (Å²) in [5.74, 6) is 0. The third-order valence-corrected chi connectivity index (χ3v) is 2.66. The van der Waals surface area contributed by atoms with Crippen LogP contribution in [0.2, 0.25) is 0 Å². The molecule has 2 nitrogen and oxygen atoms in total. The van der Waals surface area contributed by atoms with E-state index in [1.807, 2.05) is 0 Å². The Morgan fingerprint density at radius 2 is 1.20 bits per heavy atom. The van der Waals surface area contributed by atoms with Crippen LogP contribution in [-0.4, -0.2) is 29.6 Å². The zero-order valence-electron chi connectivity index (χ0n) is 11.0. The summed E-state index contributed by atoms with van der Waals surface area (Å²) in [6.45, 7) is 13.0. The molecule has 0 bridgehead atoms. The van der Waals surface area contributed by atoms with Crippen molar-refractivity contribution in [2.45, 2.75) is 53.4 Å². The molecule has 0 aliphatic carbocycles. The van der Waals surface area contributed by atoms with Crippen LogP contribution < -0.4 is 0 Å². The first-order valence-corrected chi connectivity index (χ1v) is 6.28. The average molecular weight is 215 g/mol. The van der Waals surface area contributed by atoms with Crippen molar-refractivity contribution < 1.29 is 9.96 Å². The Morgan fingerprint density at radius 1 is 0.800 bits per heavy atom. The van der Waals surface area contributed by atoms with Gasteiger partial charge in [0.05, 0.1) is 25.8 Å². The van der Waals surface area contributed by atoms with Gasteiger partial charge < -0.3 is 5.48 Å². The molecule has 0 radical (unpaired) electrons. The van der Waals surface area contributed by atoms with Gasteiger partial charge in [0.2, 0.25) is 0 Å². The van der Waals surface area contributed by atoms with Gasteiger partial charge in [-0.25, -0.2) is 0 Å². The van der Waals surface area contributed by atoms with Crippen LogP contribution >= 0.6 is 0 Å². The second-order valence-electron chi connectivity index (χ2n) is 4.18. The van der Waals surface area contributed by atoms with Gasteiger partial charge in [0, 0.05) is 0 Å². The number of hydrogen-bond acceptors (Lipinski definition) is 1. The predicted octanol–water partition coefficient (Wildman–Crippen LogP) is 3.78. The van der Waals surface area contributed by atoms with Crippen LogP contribution in [0, 0.1) is 0 Å². The first kappa shape index (κ1) is 17.1. The highest BCUT2D eigenvalue weighted by molar-refractivity contribution is 4.73. The van der Waals surface area contributed by atoms with Crippen LogP contribution in [0.5, 0.6) is 0 Å². The van der Waals surface area contributed by atoms with Crippen molar-refractivity contribution >= 4 is 0 Å². The number of rotatable bonds is 8. The maximum Gasteiger partial charge on any atom is 0.0918 e. The normalized spacial score (nSPS) is 11.7. The molecule has 2 heteroatoms. The van der Waals surface area contributed by atoms with Crippen molar-refractivity contribution in [2.75, 3.05) is 19.6 Å². The minimum Gasteiger partial charge on any atom is -0.870 e. The third-order valence-electron chi connectivity index (χ3n) is 2.66. The first-order valence-electron chi connectivity index (χ1n) is 6.28. The molecule has 0 aliphatic heterocycles. The summed E-state index contributed by atoms with van der Waals surface area (Å²) in [5.41, 5.74) is 0. The molecule has 0 amide bonds. The summed E-state index contributed by atoms with van der Waals surface area (Å²) in [5, 5.41) is 0. The van der Waals surface area contributed by atoms with Gasteiger partial charge in [0.15, 0.2) is 0 Å². The van der Waals surface area contributed by atoms with Gasteiger partial charge in [-0.05, 0) is 31.8 Å². The maximum absolute atomic E-state index is 2.44. The highest BCUT2D eigenvalue weighted by atomic mass is 16.0. The summed E-state index contributed by atoms with van der Waals surface area (Å²) >= 11 is 0. The van der Waals surface area contributed by atoms with Gasteiger partial charge in [-0.3, -0.25) is 4.48 Å². The number of quaternary nitrogens is 1. The van der Waals surface area contributed by atoms with E-state index < -0.39 is 0 Å². The monoisotopic (exact) mass is 215 g/mol. The SMILES string of the molecule is CC/C=C/[N+](CCC)(CCC)CCC.[OH-]. The van der Waals surface area contributed by atoms with Crippen molar-refractivity contribution in [1.29, 1.82) is 0 Å². The molecule has 1 N–H and O–H groups in total. The van der Waals surface area contributed by atoms with Gasteiger partial charge in [0.25, 0.3) is 0 Å². The number of nitrogens with zero attached hydrogens (tertiary/aromatic N) is 1. The lowest BCUT2D eigenvalue weighted by atomic mass is 10.2. The minimum atomic E-state index is 0. The number of hydrogen-bond donors (Lipinski definition) is 0. The van der Waals surface area contributed by atoms with Gasteiger partial charge in [0.1, 0.15) is 0 Å². The Labute approximate surface area is 95.9 Å². The molecular weight excluding hydrogens is 186 g/mol. The largest absolute Gasteiger partial charge is 0.870 e. The van der Waals surface area contributed by atoms with Crippen molar-refractivity contribution in [3.05, 3.63) is 12.3 Å². The Morgan fingerprint density at radius 3 is 1.47 bits per heavy atom. The van der Waals surface area contributed by atoms with Crippen LogP contribution in [-0.2, 0) is 0 Å². The van der Waals surface area contributed by atoms with Crippen molar-refractivity contribution in [1.82, 2.24) is 0 Å². The van der Waals surface area contributed by atoms with E-state index in [1.165, 1.54) is 43.4 Å². The van der Waals surface area contributed by atoms with E-state index >= 15 is 0 Å². The summed E-state index contributed by atoms with van der Waals surface area (Å²) in [7, 11) is 0. The van der Waals surface area contributed by atoms with E-state index in [0.717, 1.165) is 6.42 Å². The Kier molecular flexibility index (Phi) is 11.6. The molecule has 0 aromatic carbocycles. The van der Waals surface area contributed by atoms with E-state index in [0.29, 0.717) is 0 Å². The molecule has 0 saturated carbocycles. The second-order valence-corrected chi connectivity index (χ2v) is 4.18. The van der Waals surface area contributed by atoms with Gasteiger partial charge >= 0.3 is 0 Å². The molecule has 0 atom stereocenters. The standard InChI is InChI=1S/C13H28N.H2O/c1-5-9-13-14(10-6-2,11-7-3)12-8-4;/h9,13H,5-8,10-12H2,1-4H3;1H2/q+1;/p-1/b13-9+;. The van der Waals surface area contributed by atoms with Crippen LogP contribution in [0.4, 0.5) is 0 Å². The highest BCUT2D eigenvalue weighted by Gasteiger charge is 2.20. The Balaban J connectivity index is 0. The van der Waals surface area contributed by atoms with Crippen molar-refractivity contribution in [2.24, 2.45) is 0 Å². The van der Waals surface area contributed by atoms with E-state index in [4.69, 9.17) is 0 Å². The molecule has 0 fully saturated rings. The fourth-order valence-corrected chi connectivity index (χ4v) is 2.22. The average Bonchev–Trinajstić information content (AvgIpc) is 2.16. The lowest BCUT2D eigenvalue weighted by Gasteiger charge is -2.34. The lowest BCUT2D eigenvalue weighted by molar-refractivity contribution is -0.879. The smallest absolute Gasteiger partial charge is 0.0918 e. The van der Waals surface area contributed by atoms with Gasteiger partial charge in [-0.2, -0.15) is 0 Å². The predicted molar refractivity (Wildman–Crippen MR) is 67.1 cm³/mol. The summed E-state index contributed by atoms with van der Waals surface area (Å²) in [6.07, 6.45) is 9.80.